The summed E-state index contributed by atoms with van der Waals surface area (Å²) in [7, 11) is -3.33. The van der Waals surface area contributed by atoms with Crippen molar-refractivity contribution in [3.8, 4) is 0 Å². The first-order valence-corrected chi connectivity index (χ1v) is 9.79. The zero-order chi connectivity index (χ0) is 15.5. The smallest absolute Gasteiger partial charge is 0.279 e. The monoisotopic (exact) mass is 317 g/mol. The van der Waals surface area contributed by atoms with Gasteiger partial charge in [-0.2, -0.15) is 17.4 Å². The maximum atomic E-state index is 12.5. The first kappa shape index (κ1) is 17.2. The highest BCUT2D eigenvalue weighted by Gasteiger charge is 2.42. The number of nitrogens with zero attached hydrogens (tertiary/aromatic N) is 1. The Morgan fingerprint density at radius 2 is 1.76 bits per heavy atom. The van der Waals surface area contributed by atoms with Crippen molar-refractivity contribution in [3.63, 3.8) is 0 Å². The summed E-state index contributed by atoms with van der Waals surface area (Å²) in [6, 6.07) is 0. The lowest BCUT2D eigenvalue weighted by atomic mass is 9.98. The van der Waals surface area contributed by atoms with Gasteiger partial charge in [-0.05, 0) is 70.9 Å². The summed E-state index contributed by atoms with van der Waals surface area (Å²) in [5.41, 5.74) is -0.307. The molecule has 1 aliphatic heterocycles. The normalized spacial score (nSPS) is 22.6. The first-order valence-electron chi connectivity index (χ1n) is 8.35. The highest BCUT2D eigenvalue weighted by molar-refractivity contribution is 7.87. The molecule has 2 aliphatic rings. The van der Waals surface area contributed by atoms with Crippen molar-refractivity contribution in [2.24, 2.45) is 11.8 Å². The summed E-state index contributed by atoms with van der Waals surface area (Å²) in [6.45, 7) is 9.53. The lowest BCUT2D eigenvalue weighted by Gasteiger charge is -2.34. The van der Waals surface area contributed by atoms with Crippen LogP contribution in [0, 0.1) is 11.8 Å². The van der Waals surface area contributed by atoms with Gasteiger partial charge in [0, 0.05) is 18.6 Å². The van der Waals surface area contributed by atoms with E-state index in [1.165, 1.54) is 0 Å². The molecule has 0 aromatic rings. The van der Waals surface area contributed by atoms with Gasteiger partial charge in [0.25, 0.3) is 10.2 Å². The number of nitrogens with one attached hydrogen (secondary N) is 2. The summed E-state index contributed by atoms with van der Waals surface area (Å²) >= 11 is 0. The number of piperidine rings is 1. The lowest BCUT2D eigenvalue weighted by molar-refractivity contribution is 0.259. The molecular weight excluding hydrogens is 286 g/mol. The van der Waals surface area contributed by atoms with Crippen LogP contribution in [0.15, 0.2) is 0 Å². The minimum atomic E-state index is -3.33. The highest BCUT2D eigenvalue weighted by Crippen LogP contribution is 2.39. The second-order valence-electron chi connectivity index (χ2n) is 7.15. The third-order valence-corrected chi connectivity index (χ3v) is 6.59. The molecule has 0 bridgehead atoms. The van der Waals surface area contributed by atoms with Crippen LogP contribution in [0.1, 0.15) is 52.9 Å². The van der Waals surface area contributed by atoms with E-state index in [2.05, 4.69) is 17.0 Å². The molecule has 6 heteroatoms. The predicted octanol–water partition coefficient (Wildman–Crippen LogP) is 1.72. The van der Waals surface area contributed by atoms with Crippen molar-refractivity contribution in [2.45, 2.75) is 58.4 Å². The number of rotatable bonds is 8. The van der Waals surface area contributed by atoms with Crippen LogP contribution in [-0.4, -0.2) is 44.4 Å². The molecule has 0 radical (unpaired) electrons. The van der Waals surface area contributed by atoms with Crippen molar-refractivity contribution in [1.82, 2.24) is 14.3 Å². The largest absolute Gasteiger partial charge is 0.316 e. The molecule has 21 heavy (non-hydrogen) atoms. The van der Waals surface area contributed by atoms with E-state index < -0.39 is 10.2 Å². The third kappa shape index (κ3) is 4.91. The van der Waals surface area contributed by atoms with E-state index in [9.17, 15) is 8.42 Å². The SMILES string of the molecule is CCCNCC1CCN(S(=O)(=O)NC(C)(C)C2CC2)CC1. The molecule has 2 fully saturated rings. The Balaban J connectivity index is 1.80. The Hall–Kier alpha value is -0.170. The van der Waals surface area contributed by atoms with Crippen molar-refractivity contribution < 1.29 is 8.42 Å². The first-order chi connectivity index (χ1) is 9.85. The van der Waals surface area contributed by atoms with Crippen LogP contribution in [0.5, 0.6) is 0 Å². The van der Waals surface area contributed by atoms with Gasteiger partial charge in [-0.1, -0.05) is 6.92 Å². The standard InChI is InChI=1S/C15H31N3O2S/c1-4-9-16-12-13-7-10-18(11-8-13)21(19,20)17-15(2,3)14-5-6-14/h13-14,16-17H,4-12H2,1-3H3. The Morgan fingerprint density at radius 3 is 2.29 bits per heavy atom. The van der Waals surface area contributed by atoms with Crippen molar-refractivity contribution in [1.29, 1.82) is 0 Å². The van der Waals surface area contributed by atoms with E-state index >= 15 is 0 Å². The molecule has 0 amide bonds. The molecule has 1 heterocycles. The summed E-state index contributed by atoms with van der Waals surface area (Å²) in [6.07, 6.45) is 5.34. The van der Waals surface area contributed by atoms with Crippen LogP contribution < -0.4 is 10.0 Å². The minimum absolute atomic E-state index is 0.307. The highest BCUT2D eigenvalue weighted by atomic mass is 32.2. The van der Waals surface area contributed by atoms with Crippen molar-refractivity contribution >= 4 is 10.2 Å². The van der Waals surface area contributed by atoms with Gasteiger partial charge in [0.1, 0.15) is 0 Å². The van der Waals surface area contributed by atoms with Crippen LogP contribution in [0.3, 0.4) is 0 Å². The zero-order valence-electron chi connectivity index (χ0n) is 13.7. The van der Waals surface area contributed by atoms with Gasteiger partial charge in [-0.3, -0.25) is 0 Å². The van der Waals surface area contributed by atoms with Crippen LogP contribution in [-0.2, 0) is 10.2 Å². The molecule has 0 spiro atoms. The van der Waals surface area contributed by atoms with E-state index in [0.717, 1.165) is 45.2 Å². The van der Waals surface area contributed by atoms with Gasteiger partial charge in [-0.15, -0.1) is 0 Å². The predicted molar refractivity (Wildman–Crippen MR) is 86.3 cm³/mol. The van der Waals surface area contributed by atoms with Crippen LogP contribution in [0.4, 0.5) is 0 Å². The molecule has 2 rings (SSSR count). The maximum absolute atomic E-state index is 12.5. The fraction of sp³-hybridized carbons (Fsp3) is 1.00. The Bertz CT molecular complexity index is 424. The number of hydrogen-bond donors (Lipinski definition) is 2. The third-order valence-electron chi connectivity index (χ3n) is 4.76. The average molecular weight is 317 g/mol. The van der Waals surface area contributed by atoms with Crippen LogP contribution >= 0.6 is 0 Å². The fourth-order valence-corrected chi connectivity index (χ4v) is 4.77. The van der Waals surface area contributed by atoms with Gasteiger partial charge >= 0.3 is 0 Å². The van der Waals surface area contributed by atoms with Gasteiger partial charge in [-0.25, -0.2) is 0 Å². The van der Waals surface area contributed by atoms with Crippen molar-refractivity contribution in [2.75, 3.05) is 26.2 Å². The van der Waals surface area contributed by atoms with Crippen molar-refractivity contribution in [3.05, 3.63) is 0 Å². The maximum Gasteiger partial charge on any atom is 0.279 e. The van der Waals surface area contributed by atoms with Gasteiger partial charge < -0.3 is 5.32 Å². The van der Waals surface area contributed by atoms with Gasteiger partial charge in [0.15, 0.2) is 0 Å². The Kier molecular flexibility index (Phi) is 5.68. The number of hydrogen-bond acceptors (Lipinski definition) is 3. The second-order valence-corrected chi connectivity index (χ2v) is 8.82. The molecule has 5 nitrogen and oxygen atoms in total. The minimum Gasteiger partial charge on any atom is -0.316 e. The summed E-state index contributed by atoms with van der Waals surface area (Å²) < 4.78 is 29.5. The quantitative estimate of drug-likeness (QED) is 0.670. The summed E-state index contributed by atoms with van der Waals surface area (Å²) in [4.78, 5) is 0. The zero-order valence-corrected chi connectivity index (χ0v) is 14.5. The van der Waals surface area contributed by atoms with Gasteiger partial charge in [0.05, 0.1) is 0 Å². The van der Waals surface area contributed by atoms with E-state index in [1.54, 1.807) is 4.31 Å². The lowest BCUT2D eigenvalue weighted by Crippen LogP contribution is -2.53. The summed E-state index contributed by atoms with van der Waals surface area (Å²) in [5.74, 6) is 1.11. The molecular formula is C15H31N3O2S. The van der Waals surface area contributed by atoms with Gasteiger partial charge in [0.2, 0.25) is 0 Å². The molecule has 1 saturated heterocycles. The molecule has 0 unspecified atom stereocenters. The van der Waals surface area contributed by atoms with Crippen LogP contribution in [0.25, 0.3) is 0 Å². The molecule has 2 N–H and O–H groups in total. The summed E-state index contributed by atoms with van der Waals surface area (Å²) in [5, 5.41) is 3.44. The van der Waals surface area contributed by atoms with E-state index in [0.29, 0.717) is 24.9 Å². The fourth-order valence-electron chi connectivity index (χ4n) is 3.12. The topological polar surface area (TPSA) is 61.4 Å². The average Bonchev–Trinajstić information content (AvgIpc) is 3.23. The molecule has 0 aromatic carbocycles. The van der Waals surface area contributed by atoms with E-state index in [4.69, 9.17) is 0 Å². The van der Waals surface area contributed by atoms with E-state index in [1.807, 2.05) is 13.8 Å². The molecule has 0 aromatic heterocycles. The van der Waals surface area contributed by atoms with Crippen LogP contribution in [0.2, 0.25) is 0 Å². The molecule has 0 atom stereocenters. The van der Waals surface area contributed by atoms with E-state index in [-0.39, 0.29) is 5.54 Å². The molecule has 1 saturated carbocycles. The molecule has 1 aliphatic carbocycles. The Labute approximate surface area is 130 Å². The molecule has 124 valence electrons. The second kappa shape index (κ2) is 6.94. The Morgan fingerprint density at radius 1 is 1.14 bits per heavy atom.